The zero-order valence-corrected chi connectivity index (χ0v) is 14.6. The van der Waals surface area contributed by atoms with Gasteiger partial charge in [0.05, 0.1) is 6.04 Å². The van der Waals surface area contributed by atoms with E-state index in [9.17, 15) is 9.59 Å². The second kappa shape index (κ2) is 7.10. The van der Waals surface area contributed by atoms with Gasteiger partial charge in [-0.2, -0.15) is 5.10 Å². The van der Waals surface area contributed by atoms with Gasteiger partial charge in [-0.1, -0.05) is 27.7 Å². The second-order valence-electron chi connectivity index (χ2n) is 7.04. The molecule has 0 saturated carbocycles. The van der Waals surface area contributed by atoms with Crippen LogP contribution in [-0.4, -0.2) is 44.5 Å². The molecule has 0 aromatic carbocycles. The van der Waals surface area contributed by atoms with Crippen LogP contribution in [0.1, 0.15) is 58.2 Å². The van der Waals surface area contributed by atoms with Crippen LogP contribution in [0.25, 0.3) is 0 Å². The van der Waals surface area contributed by atoms with Crippen LogP contribution in [0.3, 0.4) is 0 Å². The third-order valence-corrected chi connectivity index (χ3v) is 3.95. The van der Waals surface area contributed by atoms with Crippen LogP contribution in [0, 0.1) is 18.8 Å². The lowest BCUT2D eigenvalue weighted by Crippen LogP contribution is -2.40. The van der Waals surface area contributed by atoms with Crippen LogP contribution in [-0.2, 0) is 9.59 Å². The highest BCUT2D eigenvalue weighted by Gasteiger charge is 2.39. The summed E-state index contributed by atoms with van der Waals surface area (Å²) in [5, 5.41) is 10.1. The van der Waals surface area contributed by atoms with Crippen molar-refractivity contribution in [2.45, 2.75) is 59.5 Å². The van der Waals surface area contributed by atoms with Gasteiger partial charge < -0.3 is 10.2 Å². The van der Waals surface area contributed by atoms with E-state index >= 15 is 0 Å². The summed E-state index contributed by atoms with van der Waals surface area (Å²) in [6, 6.07) is -0.230. The molecule has 0 radical (unpaired) electrons. The average molecular weight is 321 g/mol. The normalized spacial score (nSPS) is 21.3. The van der Waals surface area contributed by atoms with Gasteiger partial charge in [0.15, 0.2) is 5.82 Å². The van der Waals surface area contributed by atoms with Gasteiger partial charge in [0.25, 0.3) is 0 Å². The minimum atomic E-state index is -0.181. The maximum atomic E-state index is 12.5. The molecule has 0 unspecified atom stereocenters. The van der Waals surface area contributed by atoms with Crippen LogP contribution < -0.4 is 5.32 Å². The first-order chi connectivity index (χ1) is 10.8. The summed E-state index contributed by atoms with van der Waals surface area (Å²) < 4.78 is 0. The van der Waals surface area contributed by atoms with Crippen molar-refractivity contribution < 1.29 is 9.59 Å². The fraction of sp³-hybridized carbons (Fsp3) is 0.750. The zero-order chi connectivity index (χ0) is 17.1. The molecule has 1 aliphatic heterocycles. The molecule has 0 aliphatic carbocycles. The topological polar surface area (TPSA) is 91.0 Å². The van der Waals surface area contributed by atoms with Gasteiger partial charge >= 0.3 is 0 Å². The first kappa shape index (κ1) is 17.4. The van der Waals surface area contributed by atoms with Crippen molar-refractivity contribution in [2.24, 2.45) is 11.8 Å². The van der Waals surface area contributed by atoms with Crippen LogP contribution in [0.15, 0.2) is 0 Å². The van der Waals surface area contributed by atoms with Crippen LogP contribution >= 0.6 is 0 Å². The van der Waals surface area contributed by atoms with Gasteiger partial charge in [0.2, 0.25) is 11.8 Å². The SMILES string of the molecule is Cc1nc([C@@H]2C[C@H](NC(=O)CC(C)C)CN2C(=O)C(C)C)n[nH]1. The molecule has 7 heteroatoms. The molecule has 2 rings (SSSR count). The average Bonchev–Trinajstić information content (AvgIpc) is 3.03. The smallest absolute Gasteiger partial charge is 0.225 e. The van der Waals surface area contributed by atoms with Crippen molar-refractivity contribution in [3.63, 3.8) is 0 Å². The zero-order valence-electron chi connectivity index (χ0n) is 14.6. The van der Waals surface area contributed by atoms with Crippen LogP contribution in [0.4, 0.5) is 0 Å². The number of nitrogens with zero attached hydrogens (tertiary/aromatic N) is 3. The maximum absolute atomic E-state index is 12.5. The Morgan fingerprint density at radius 3 is 2.57 bits per heavy atom. The van der Waals surface area contributed by atoms with E-state index in [1.54, 1.807) is 4.90 Å². The highest BCUT2D eigenvalue weighted by Crippen LogP contribution is 2.31. The lowest BCUT2D eigenvalue weighted by molar-refractivity contribution is -0.135. The molecule has 1 fully saturated rings. The predicted molar refractivity (Wildman–Crippen MR) is 86.4 cm³/mol. The third kappa shape index (κ3) is 4.30. The quantitative estimate of drug-likeness (QED) is 0.861. The maximum Gasteiger partial charge on any atom is 0.225 e. The van der Waals surface area contributed by atoms with E-state index in [2.05, 4.69) is 20.5 Å². The molecular formula is C16H27N5O2. The Morgan fingerprint density at radius 1 is 1.35 bits per heavy atom. The fourth-order valence-electron chi connectivity index (χ4n) is 2.93. The Labute approximate surface area is 137 Å². The number of hydrogen-bond acceptors (Lipinski definition) is 4. The molecule has 0 spiro atoms. The van der Waals surface area contributed by atoms with E-state index in [-0.39, 0.29) is 29.8 Å². The largest absolute Gasteiger partial charge is 0.351 e. The van der Waals surface area contributed by atoms with E-state index in [1.807, 2.05) is 34.6 Å². The summed E-state index contributed by atoms with van der Waals surface area (Å²) >= 11 is 0. The first-order valence-electron chi connectivity index (χ1n) is 8.26. The number of aryl methyl sites for hydroxylation is 1. The van der Waals surface area contributed by atoms with Crippen molar-refractivity contribution in [3.8, 4) is 0 Å². The van der Waals surface area contributed by atoms with E-state index in [1.165, 1.54) is 0 Å². The predicted octanol–water partition coefficient (Wildman–Crippen LogP) is 1.57. The number of aromatic nitrogens is 3. The lowest BCUT2D eigenvalue weighted by atomic mass is 10.1. The molecule has 2 heterocycles. The summed E-state index contributed by atoms with van der Waals surface area (Å²) in [6.45, 7) is 10.1. The number of rotatable bonds is 5. The summed E-state index contributed by atoms with van der Waals surface area (Å²) in [5.74, 6) is 1.67. The number of aromatic amines is 1. The molecule has 0 bridgehead atoms. The molecule has 1 aliphatic rings. The first-order valence-corrected chi connectivity index (χ1v) is 8.26. The molecule has 23 heavy (non-hydrogen) atoms. The molecule has 2 N–H and O–H groups in total. The minimum Gasteiger partial charge on any atom is -0.351 e. The number of carbonyl (C=O) groups is 2. The highest BCUT2D eigenvalue weighted by molar-refractivity contribution is 5.80. The lowest BCUT2D eigenvalue weighted by Gasteiger charge is -2.24. The Kier molecular flexibility index (Phi) is 5.38. The van der Waals surface area contributed by atoms with Crippen molar-refractivity contribution in [1.82, 2.24) is 25.4 Å². The van der Waals surface area contributed by atoms with Gasteiger partial charge in [0, 0.05) is 24.9 Å². The Morgan fingerprint density at radius 2 is 2.04 bits per heavy atom. The van der Waals surface area contributed by atoms with Crippen LogP contribution in [0.5, 0.6) is 0 Å². The van der Waals surface area contributed by atoms with Crippen molar-refractivity contribution >= 4 is 11.8 Å². The molecule has 1 aromatic heterocycles. The van der Waals surface area contributed by atoms with E-state index < -0.39 is 0 Å². The second-order valence-corrected chi connectivity index (χ2v) is 7.04. The highest BCUT2D eigenvalue weighted by atomic mass is 16.2. The molecular weight excluding hydrogens is 294 g/mol. The minimum absolute atomic E-state index is 0.0359. The van der Waals surface area contributed by atoms with Gasteiger partial charge in [0.1, 0.15) is 5.82 Å². The van der Waals surface area contributed by atoms with E-state index in [4.69, 9.17) is 0 Å². The summed E-state index contributed by atoms with van der Waals surface area (Å²) in [5.41, 5.74) is 0. The van der Waals surface area contributed by atoms with E-state index in [0.717, 1.165) is 5.82 Å². The van der Waals surface area contributed by atoms with Gasteiger partial charge in [-0.05, 0) is 19.3 Å². The molecule has 1 aromatic rings. The standard InChI is InChI=1S/C16H27N5O2/c1-9(2)6-14(22)18-12-7-13(15-17-11(5)19-20-15)21(8-12)16(23)10(3)4/h9-10,12-13H,6-8H2,1-5H3,(H,18,22)(H,17,19,20)/t12-,13-/m0/s1. The molecule has 2 atom stereocenters. The third-order valence-electron chi connectivity index (χ3n) is 3.95. The monoisotopic (exact) mass is 321 g/mol. The molecule has 1 saturated heterocycles. The van der Waals surface area contributed by atoms with Crippen molar-refractivity contribution in [1.29, 1.82) is 0 Å². The Bertz CT molecular complexity index is 567. The van der Waals surface area contributed by atoms with Crippen molar-refractivity contribution in [3.05, 3.63) is 11.6 Å². The molecule has 2 amide bonds. The number of carbonyl (C=O) groups excluding carboxylic acids is 2. The molecule has 128 valence electrons. The molecule has 7 nitrogen and oxygen atoms in total. The number of H-pyrrole nitrogens is 1. The number of hydrogen-bond donors (Lipinski definition) is 2. The summed E-state index contributed by atoms with van der Waals surface area (Å²) in [4.78, 5) is 30.7. The summed E-state index contributed by atoms with van der Waals surface area (Å²) in [6.07, 6.45) is 1.15. The number of nitrogens with one attached hydrogen (secondary N) is 2. The number of likely N-dealkylation sites (tertiary alicyclic amines) is 1. The van der Waals surface area contributed by atoms with E-state index in [0.29, 0.717) is 31.1 Å². The van der Waals surface area contributed by atoms with Gasteiger partial charge in [-0.3, -0.25) is 14.7 Å². The Hall–Kier alpha value is -1.92. The van der Waals surface area contributed by atoms with Gasteiger partial charge in [-0.25, -0.2) is 4.98 Å². The summed E-state index contributed by atoms with van der Waals surface area (Å²) in [7, 11) is 0. The fourth-order valence-corrected chi connectivity index (χ4v) is 2.93. The number of amides is 2. The Balaban J connectivity index is 2.12. The van der Waals surface area contributed by atoms with Crippen molar-refractivity contribution in [2.75, 3.05) is 6.54 Å². The van der Waals surface area contributed by atoms with Crippen LogP contribution in [0.2, 0.25) is 0 Å². The van der Waals surface area contributed by atoms with Gasteiger partial charge in [-0.15, -0.1) is 0 Å².